The molecule has 19 heavy (non-hydrogen) atoms. The lowest BCUT2D eigenvalue weighted by Crippen LogP contribution is -2.22. The van der Waals surface area contributed by atoms with Crippen LogP contribution >= 0.6 is 0 Å². The first kappa shape index (κ1) is 14.6. The number of likely N-dealkylation sites (tertiary alicyclic amines) is 1. The fourth-order valence-corrected chi connectivity index (χ4v) is 2.59. The van der Waals surface area contributed by atoms with E-state index in [9.17, 15) is 0 Å². The van der Waals surface area contributed by atoms with E-state index in [1.807, 2.05) is 0 Å². The maximum Gasteiger partial charge on any atom is 0.118 e. The van der Waals surface area contributed by atoms with Gasteiger partial charge in [-0.1, -0.05) is 6.92 Å². The van der Waals surface area contributed by atoms with Gasteiger partial charge < -0.3 is 14.5 Å². The van der Waals surface area contributed by atoms with Crippen LogP contribution in [0.25, 0.3) is 0 Å². The molecule has 1 unspecified atom stereocenters. The van der Waals surface area contributed by atoms with Gasteiger partial charge in [-0.15, -0.1) is 0 Å². The zero-order valence-electron chi connectivity index (χ0n) is 12.4. The van der Waals surface area contributed by atoms with Gasteiger partial charge in [-0.25, -0.2) is 0 Å². The molecule has 0 aromatic carbocycles. The number of aryl methyl sites for hydroxylation is 1. The van der Waals surface area contributed by atoms with Gasteiger partial charge in [-0.2, -0.15) is 0 Å². The summed E-state index contributed by atoms with van der Waals surface area (Å²) in [6, 6.07) is 2.19. The van der Waals surface area contributed by atoms with Crippen LogP contribution in [0.5, 0.6) is 0 Å². The Bertz CT molecular complexity index is 389. The maximum absolute atomic E-state index is 5.80. The number of nitrogens with zero attached hydrogens (tertiary/aromatic N) is 1. The van der Waals surface area contributed by atoms with Crippen molar-refractivity contribution in [3.05, 3.63) is 23.2 Å². The first-order valence-electron chi connectivity index (χ1n) is 7.27. The molecule has 0 aliphatic carbocycles. The average Bonchev–Trinajstić information content (AvgIpc) is 2.98. The highest BCUT2D eigenvalue weighted by molar-refractivity contribution is 5.21. The highest BCUT2D eigenvalue weighted by Gasteiger charge is 2.23. The third-order valence-electron chi connectivity index (χ3n) is 3.75. The molecule has 1 aliphatic rings. The number of methoxy groups -OCH3 is 1. The van der Waals surface area contributed by atoms with E-state index in [1.165, 1.54) is 5.56 Å². The van der Waals surface area contributed by atoms with E-state index < -0.39 is 0 Å². The van der Waals surface area contributed by atoms with Gasteiger partial charge in [0.2, 0.25) is 0 Å². The maximum atomic E-state index is 5.80. The fraction of sp³-hybridized carbons (Fsp3) is 0.733. The molecule has 0 saturated carbocycles. The van der Waals surface area contributed by atoms with Crippen LogP contribution in [0.4, 0.5) is 0 Å². The molecule has 0 spiro atoms. The predicted octanol–water partition coefficient (Wildman–Crippen LogP) is 2.31. The van der Waals surface area contributed by atoms with Crippen LogP contribution in [0, 0.1) is 6.92 Å². The Labute approximate surface area is 116 Å². The Morgan fingerprint density at radius 3 is 3.05 bits per heavy atom. The second-order valence-electron chi connectivity index (χ2n) is 5.35. The second-order valence-corrected chi connectivity index (χ2v) is 5.35. The third kappa shape index (κ3) is 4.06. The summed E-state index contributed by atoms with van der Waals surface area (Å²) in [5, 5.41) is 3.37. The molecular weight excluding hydrogens is 240 g/mol. The summed E-state index contributed by atoms with van der Waals surface area (Å²) in [4.78, 5) is 2.44. The van der Waals surface area contributed by atoms with Gasteiger partial charge >= 0.3 is 0 Å². The second kappa shape index (κ2) is 7.08. The van der Waals surface area contributed by atoms with Gasteiger partial charge in [0.05, 0.1) is 12.6 Å². The molecule has 1 aromatic rings. The van der Waals surface area contributed by atoms with Crippen molar-refractivity contribution in [2.75, 3.05) is 26.7 Å². The minimum atomic E-state index is 0.401. The lowest BCUT2D eigenvalue weighted by Gasteiger charge is -2.14. The molecule has 0 amide bonds. The Morgan fingerprint density at radius 1 is 1.53 bits per heavy atom. The molecule has 1 atom stereocenters. The standard InChI is InChI=1S/C15H26N2O2/c1-4-6-16-9-15-8-13(12(2)19-15)10-17-7-5-14(11-17)18-3/h8,14,16H,4-7,9-11H2,1-3H3. The number of nitrogens with one attached hydrogen (secondary N) is 1. The van der Waals surface area contributed by atoms with Gasteiger partial charge in [0.25, 0.3) is 0 Å². The lowest BCUT2D eigenvalue weighted by molar-refractivity contribution is 0.107. The largest absolute Gasteiger partial charge is 0.465 e. The molecule has 4 nitrogen and oxygen atoms in total. The summed E-state index contributed by atoms with van der Waals surface area (Å²) in [6.45, 7) is 9.22. The summed E-state index contributed by atoms with van der Waals surface area (Å²) >= 11 is 0. The van der Waals surface area contributed by atoms with Crippen molar-refractivity contribution < 1.29 is 9.15 Å². The molecule has 0 bridgehead atoms. The summed E-state index contributed by atoms with van der Waals surface area (Å²) in [7, 11) is 1.80. The van der Waals surface area contributed by atoms with Crippen molar-refractivity contribution in [3.8, 4) is 0 Å². The SMILES string of the molecule is CCCNCc1cc(CN2CCC(OC)C2)c(C)o1. The summed E-state index contributed by atoms with van der Waals surface area (Å²) in [5.74, 6) is 2.10. The number of hydrogen-bond donors (Lipinski definition) is 1. The predicted molar refractivity (Wildman–Crippen MR) is 76.1 cm³/mol. The van der Waals surface area contributed by atoms with Gasteiger partial charge in [-0.05, 0) is 32.4 Å². The Kier molecular flexibility index (Phi) is 5.43. The minimum Gasteiger partial charge on any atom is -0.465 e. The third-order valence-corrected chi connectivity index (χ3v) is 3.75. The molecule has 2 rings (SSSR count). The molecule has 1 aliphatic heterocycles. The highest BCUT2D eigenvalue weighted by atomic mass is 16.5. The van der Waals surface area contributed by atoms with E-state index in [0.29, 0.717) is 6.10 Å². The first-order valence-corrected chi connectivity index (χ1v) is 7.27. The molecular formula is C15H26N2O2. The minimum absolute atomic E-state index is 0.401. The van der Waals surface area contributed by atoms with E-state index in [4.69, 9.17) is 9.15 Å². The van der Waals surface area contributed by atoms with Crippen molar-refractivity contribution in [2.45, 2.75) is 45.9 Å². The molecule has 108 valence electrons. The van der Waals surface area contributed by atoms with Crippen LogP contribution < -0.4 is 5.32 Å². The average molecular weight is 266 g/mol. The number of furan rings is 1. The quantitative estimate of drug-likeness (QED) is 0.769. The Hall–Kier alpha value is -0.840. The molecule has 1 fully saturated rings. The van der Waals surface area contributed by atoms with Crippen LogP contribution in [0.1, 0.15) is 36.8 Å². The van der Waals surface area contributed by atoms with Crippen LogP contribution in [-0.4, -0.2) is 37.7 Å². The Balaban J connectivity index is 1.86. The zero-order chi connectivity index (χ0) is 13.7. The van der Waals surface area contributed by atoms with E-state index in [2.05, 4.69) is 30.1 Å². The number of rotatable bonds is 7. The topological polar surface area (TPSA) is 37.6 Å². The molecule has 1 N–H and O–H groups in total. The summed E-state index contributed by atoms with van der Waals surface area (Å²) < 4.78 is 11.2. The molecule has 4 heteroatoms. The van der Waals surface area contributed by atoms with Crippen LogP contribution in [-0.2, 0) is 17.8 Å². The van der Waals surface area contributed by atoms with Gasteiger partial charge in [0.15, 0.2) is 0 Å². The molecule has 0 radical (unpaired) electrons. The van der Waals surface area contributed by atoms with Crippen LogP contribution in [0.15, 0.2) is 10.5 Å². The summed E-state index contributed by atoms with van der Waals surface area (Å²) in [6.07, 6.45) is 2.69. The molecule has 1 aromatic heterocycles. The van der Waals surface area contributed by atoms with Crippen LogP contribution in [0.2, 0.25) is 0 Å². The van der Waals surface area contributed by atoms with E-state index in [1.54, 1.807) is 7.11 Å². The van der Waals surface area contributed by atoms with Crippen molar-refractivity contribution >= 4 is 0 Å². The van der Waals surface area contributed by atoms with Crippen molar-refractivity contribution in [1.29, 1.82) is 0 Å². The van der Waals surface area contributed by atoms with E-state index >= 15 is 0 Å². The zero-order valence-corrected chi connectivity index (χ0v) is 12.4. The smallest absolute Gasteiger partial charge is 0.118 e. The monoisotopic (exact) mass is 266 g/mol. The van der Waals surface area contributed by atoms with Gasteiger partial charge in [0.1, 0.15) is 11.5 Å². The number of ether oxygens (including phenoxy) is 1. The molecule has 2 heterocycles. The van der Waals surface area contributed by atoms with E-state index in [-0.39, 0.29) is 0 Å². The van der Waals surface area contributed by atoms with Gasteiger partial charge in [-0.3, -0.25) is 4.90 Å². The van der Waals surface area contributed by atoms with Crippen molar-refractivity contribution in [3.63, 3.8) is 0 Å². The van der Waals surface area contributed by atoms with Crippen molar-refractivity contribution in [1.82, 2.24) is 10.2 Å². The van der Waals surface area contributed by atoms with E-state index in [0.717, 1.165) is 57.1 Å². The summed E-state index contributed by atoms with van der Waals surface area (Å²) in [5.41, 5.74) is 1.31. The van der Waals surface area contributed by atoms with Crippen molar-refractivity contribution in [2.24, 2.45) is 0 Å². The molecule has 1 saturated heterocycles. The Morgan fingerprint density at radius 2 is 2.37 bits per heavy atom. The lowest BCUT2D eigenvalue weighted by atomic mass is 10.2. The van der Waals surface area contributed by atoms with Crippen LogP contribution in [0.3, 0.4) is 0 Å². The fourth-order valence-electron chi connectivity index (χ4n) is 2.59. The number of hydrogen-bond acceptors (Lipinski definition) is 4. The first-order chi connectivity index (χ1) is 9.22. The van der Waals surface area contributed by atoms with Gasteiger partial charge in [0, 0.05) is 32.3 Å². The normalized spacial score (nSPS) is 20.3. The highest BCUT2D eigenvalue weighted by Crippen LogP contribution is 2.20.